The highest BCUT2D eigenvalue weighted by Gasteiger charge is 2.26. The summed E-state index contributed by atoms with van der Waals surface area (Å²) in [5.74, 6) is -2.96. The van der Waals surface area contributed by atoms with Crippen LogP contribution in [0.25, 0.3) is 11.3 Å². The minimum Gasteiger partial charge on any atom is -0.478 e. The number of benzene rings is 1. The Kier molecular flexibility index (Phi) is 6.81. The number of ether oxygens (including phenoxy) is 1. The predicted molar refractivity (Wildman–Crippen MR) is 111 cm³/mol. The SMILES string of the molecule is CNC(OC(=O)/C=C/C(=O)O)c1cc(-c2ccccc2F)n(S(=O)(=O)c2cccnc2)c1. The molecule has 3 aromatic rings. The molecule has 0 radical (unpaired) electrons. The maximum absolute atomic E-state index is 14.5. The number of hydrogen-bond donors (Lipinski definition) is 2. The fourth-order valence-electron chi connectivity index (χ4n) is 2.87. The van der Waals surface area contributed by atoms with Gasteiger partial charge >= 0.3 is 11.9 Å². The summed E-state index contributed by atoms with van der Waals surface area (Å²) in [7, 11) is -2.72. The Hall–Kier alpha value is -3.83. The molecule has 0 aliphatic heterocycles. The van der Waals surface area contributed by atoms with E-state index in [0.717, 1.165) is 10.2 Å². The van der Waals surface area contributed by atoms with Crippen molar-refractivity contribution in [2.75, 3.05) is 7.05 Å². The van der Waals surface area contributed by atoms with Crippen LogP contribution in [0.15, 0.2) is 78.1 Å². The van der Waals surface area contributed by atoms with Gasteiger partial charge in [0.15, 0.2) is 6.23 Å². The zero-order chi connectivity index (χ0) is 23.3. The molecule has 2 aromatic heterocycles. The molecule has 0 saturated heterocycles. The normalized spacial score (nSPS) is 12.6. The molecule has 3 rings (SSSR count). The summed E-state index contributed by atoms with van der Waals surface area (Å²) in [5, 5.41) is 11.3. The summed E-state index contributed by atoms with van der Waals surface area (Å²) >= 11 is 0. The number of carbonyl (C=O) groups excluding carboxylic acids is 1. The van der Waals surface area contributed by atoms with E-state index >= 15 is 0 Å². The Labute approximate surface area is 182 Å². The van der Waals surface area contributed by atoms with E-state index < -0.39 is 34.0 Å². The van der Waals surface area contributed by atoms with Gasteiger partial charge in [0.25, 0.3) is 10.0 Å². The van der Waals surface area contributed by atoms with Crippen LogP contribution in [0.4, 0.5) is 4.39 Å². The van der Waals surface area contributed by atoms with E-state index in [1.54, 1.807) is 6.07 Å². The maximum Gasteiger partial charge on any atom is 0.332 e. The van der Waals surface area contributed by atoms with Crippen molar-refractivity contribution in [2.45, 2.75) is 11.1 Å². The smallest absolute Gasteiger partial charge is 0.332 e. The lowest BCUT2D eigenvalue weighted by Gasteiger charge is -2.14. The minimum absolute atomic E-state index is 0.000620. The van der Waals surface area contributed by atoms with E-state index in [4.69, 9.17) is 9.84 Å². The van der Waals surface area contributed by atoms with Crippen LogP contribution in [-0.4, -0.2) is 41.5 Å². The van der Waals surface area contributed by atoms with Crippen LogP contribution in [0.5, 0.6) is 0 Å². The number of esters is 1. The van der Waals surface area contributed by atoms with Gasteiger partial charge in [-0.1, -0.05) is 12.1 Å². The van der Waals surface area contributed by atoms with Crippen molar-refractivity contribution in [3.63, 3.8) is 0 Å². The zero-order valence-corrected chi connectivity index (χ0v) is 17.5. The Bertz CT molecular complexity index is 1270. The number of nitrogens with one attached hydrogen (secondary N) is 1. The number of carboxylic acid groups (broad SMARTS) is 1. The highest BCUT2D eigenvalue weighted by Crippen LogP contribution is 2.31. The molecule has 1 atom stereocenters. The molecule has 0 aliphatic carbocycles. The molecule has 0 saturated carbocycles. The molecule has 11 heteroatoms. The van der Waals surface area contributed by atoms with Crippen molar-refractivity contribution in [1.29, 1.82) is 0 Å². The number of hydrogen-bond acceptors (Lipinski definition) is 7. The van der Waals surface area contributed by atoms with Gasteiger partial charge in [-0.05, 0) is 37.4 Å². The van der Waals surface area contributed by atoms with Crippen LogP contribution in [0.2, 0.25) is 0 Å². The Morgan fingerprint density at radius 1 is 1.22 bits per heavy atom. The minimum atomic E-state index is -4.18. The van der Waals surface area contributed by atoms with Crippen molar-refractivity contribution in [3.8, 4) is 11.3 Å². The lowest BCUT2D eigenvalue weighted by atomic mass is 10.1. The molecule has 2 heterocycles. The molecule has 1 aromatic carbocycles. The number of nitrogens with zero attached hydrogens (tertiary/aromatic N) is 2. The van der Waals surface area contributed by atoms with Crippen LogP contribution >= 0.6 is 0 Å². The summed E-state index contributed by atoms with van der Waals surface area (Å²) in [5.41, 5.74) is 0.202. The molecule has 9 nitrogen and oxygen atoms in total. The van der Waals surface area contributed by atoms with E-state index in [1.807, 2.05) is 0 Å². The first kappa shape index (κ1) is 22.8. The van der Waals surface area contributed by atoms with Crippen LogP contribution in [-0.2, 0) is 24.3 Å². The van der Waals surface area contributed by atoms with Crippen molar-refractivity contribution in [1.82, 2.24) is 14.3 Å². The number of rotatable bonds is 8. The summed E-state index contributed by atoms with van der Waals surface area (Å²) in [6.45, 7) is 0. The van der Waals surface area contributed by atoms with Gasteiger partial charge in [0.05, 0.1) is 5.69 Å². The van der Waals surface area contributed by atoms with Gasteiger partial charge in [0.2, 0.25) is 0 Å². The Morgan fingerprint density at radius 3 is 2.59 bits per heavy atom. The van der Waals surface area contributed by atoms with E-state index in [0.29, 0.717) is 12.2 Å². The quantitative estimate of drug-likeness (QED) is 0.298. The van der Waals surface area contributed by atoms with Gasteiger partial charge in [0.1, 0.15) is 10.7 Å². The van der Waals surface area contributed by atoms with Gasteiger partial charge < -0.3 is 9.84 Å². The number of carboxylic acids is 1. The van der Waals surface area contributed by atoms with Crippen LogP contribution in [0.1, 0.15) is 11.8 Å². The van der Waals surface area contributed by atoms with Gasteiger partial charge in [-0.15, -0.1) is 0 Å². The fraction of sp³-hybridized carbons (Fsp3) is 0.0952. The van der Waals surface area contributed by atoms with E-state index in [9.17, 15) is 22.4 Å². The fourth-order valence-corrected chi connectivity index (χ4v) is 4.22. The lowest BCUT2D eigenvalue weighted by molar-refractivity contribution is -0.145. The average Bonchev–Trinajstić information content (AvgIpc) is 3.23. The summed E-state index contributed by atoms with van der Waals surface area (Å²) in [6, 6.07) is 9.79. The van der Waals surface area contributed by atoms with Crippen molar-refractivity contribution >= 4 is 22.0 Å². The molecular weight excluding hydrogens is 441 g/mol. The monoisotopic (exact) mass is 459 g/mol. The van der Waals surface area contributed by atoms with Gasteiger partial charge in [0, 0.05) is 41.9 Å². The first-order valence-corrected chi connectivity index (χ1v) is 10.6. The number of aromatic nitrogens is 2. The van der Waals surface area contributed by atoms with Gasteiger partial charge in [-0.25, -0.2) is 26.4 Å². The third-order valence-corrected chi connectivity index (χ3v) is 5.97. The molecule has 32 heavy (non-hydrogen) atoms. The molecule has 166 valence electrons. The highest BCUT2D eigenvalue weighted by atomic mass is 32.2. The van der Waals surface area contributed by atoms with Crippen LogP contribution in [0, 0.1) is 5.82 Å². The zero-order valence-electron chi connectivity index (χ0n) is 16.7. The third-order valence-electron chi connectivity index (χ3n) is 4.31. The van der Waals surface area contributed by atoms with Crippen molar-refractivity contribution in [3.05, 3.63) is 84.6 Å². The molecule has 0 aliphatic rings. The number of carbonyl (C=O) groups is 2. The largest absolute Gasteiger partial charge is 0.478 e. The maximum atomic E-state index is 14.5. The highest BCUT2D eigenvalue weighted by molar-refractivity contribution is 7.90. The first-order chi connectivity index (χ1) is 15.2. The molecule has 2 N–H and O–H groups in total. The van der Waals surface area contributed by atoms with E-state index in [1.165, 1.54) is 55.8 Å². The van der Waals surface area contributed by atoms with Gasteiger partial charge in [-0.3, -0.25) is 10.3 Å². The lowest BCUT2D eigenvalue weighted by Crippen LogP contribution is -2.22. The van der Waals surface area contributed by atoms with E-state index in [-0.39, 0.29) is 21.7 Å². The second kappa shape index (κ2) is 9.54. The van der Waals surface area contributed by atoms with Crippen LogP contribution < -0.4 is 5.32 Å². The number of aliphatic carboxylic acids is 1. The van der Waals surface area contributed by atoms with Crippen molar-refractivity contribution < 1.29 is 32.2 Å². The van der Waals surface area contributed by atoms with Gasteiger partial charge in [-0.2, -0.15) is 0 Å². The number of halogens is 1. The second-order valence-corrected chi connectivity index (χ2v) is 8.22. The van der Waals surface area contributed by atoms with Crippen molar-refractivity contribution in [2.24, 2.45) is 0 Å². The molecule has 1 unspecified atom stereocenters. The predicted octanol–water partition coefficient (Wildman–Crippen LogP) is 2.33. The summed E-state index contributed by atoms with van der Waals surface area (Å²) in [4.78, 5) is 26.2. The third kappa shape index (κ3) is 4.90. The molecular formula is C21H18FN3O6S. The molecule has 0 fully saturated rings. The summed E-state index contributed by atoms with van der Waals surface area (Å²) in [6.07, 6.45) is 3.95. The number of pyridine rings is 1. The molecule has 0 bridgehead atoms. The van der Waals surface area contributed by atoms with Crippen LogP contribution in [0.3, 0.4) is 0 Å². The topological polar surface area (TPSA) is 128 Å². The summed E-state index contributed by atoms with van der Waals surface area (Å²) < 4.78 is 47.1. The van der Waals surface area contributed by atoms with E-state index in [2.05, 4.69) is 10.3 Å². The average molecular weight is 459 g/mol. The Morgan fingerprint density at radius 2 is 1.97 bits per heavy atom. The second-order valence-electron chi connectivity index (χ2n) is 6.41. The standard InChI is InChI=1S/C21H18FN3O6S/c1-23-21(31-20(28)9-8-19(26)27)14-11-18(16-6-2-3-7-17(16)22)25(13-14)32(29,30)15-5-4-10-24-12-15/h2-13,21,23H,1H3,(H,26,27)/b9-8+. The Balaban J connectivity index is 2.12. The first-order valence-electron chi connectivity index (χ1n) is 9.15. The molecule has 0 spiro atoms. The molecule has 0 amide bonds.